The summed E-state index contributed by atoms with van der Waals surface area (Å²) in [6.07, 6.45) is 6.90. The normalized spacial score (nSPS) is 17.6. The maximum Gasteiger partial charge on any atom is 0.107 e. The molecule has 1 aromatic rings. The smallest absolute Gasteiger partial charge is 0.107 e. The molecule has 1 saturated carbocycles. The summed E-state index contributed by atoms with van der Waals surface area (Å²) < 4.78 is 0. The van der Waals surface area contributed by atoms with E-state index >= 15 is 0 Å². The fraction of sp³-hybridized carbons (Fsp3) is 0.571. The lowest BCUT2D eigenvalue weighted by molar-refractivity contribution is -0.282. The molecular formula is C14H20O2. The van der Waals surface area contributed by atoms with Crippen LogP contribution in [0.5, 0.6) is 0 Å². The Morgan fingerprint density at radius 3 is 2.38 bits per heavy atom. The third kappa shape index (κ3) is 3.06. The Morgan fingerprint density at radius 2 is 1.75 bits per heavy atom. The van der Waals surface area contributed by atoms with Crippen molar-refractivity contribution in [3.8, 4) is 0 Å². The van der Waals surface area contributed by atoms with Crippen molar-refractivity contribution in [1.29, 1.82) is 0 Å². The molecule has 1 aromatic carbocycles. The molecule has 2 nitrogen and oxygen atoms in total. The second-order valence-electron chi connectivity index (χ2n) is 4.51. The van der Waals surface area contributed by atoms with Crippen molar-refractivity contribution in [3.63, 3.8) is 0 Å². The van der Waals surface area contributed by atoms with E-state index in [1.165, 1.54) is 50.3 Å². The maximum absolute atomic E-state index is 4.90. The molecule has 0 amide bonds. The standard InChI is InChI=1S/C14H20O2/c1-15-16-11-12-7-9-14(10-8-12)13-5-3-2-4-6-13/h7-10,13H,2-6,11H2,1H3. The lowest BCUT2D eigenvalue weighted by atomic mass is 9.84. The van der Waals surface area contributed by atoms with Crippen molar-refractivity contribution in [2.24, 2.45) is 0 Å². The third-order valence-corrected chi connectivity index (χ3v) is 3.40. The van der Waals surface area contributed by atoms with E-state index in [1.807, 2.05) is 0 Å². The number of hydrogen-bond acceptors (Lipinski definition) is 2. The van der Waals surface area contributed by atoms with Gasteiger partial charge >= 0.3 is 0 Å². The first-order valence-corrected chi connectivity index (χ1v) is 6.14. The second kappa shape index (κ2) is 6.02. The summed E-state index contributed by atoms with van der Waals surface area (Å²) in [6.45, 7) is 0.529. The van der Waals surface area contributed by atoms with Gasteiger partial charge in [-0.2, -0.15) is 0 Å². The molecule has 1 aliphatic carbocycles. The van der Waals surface area contributed by atoms with Crippen LogP contribution < -0.4 is 0 Å². The Kier molecular flexibility index (Phi) is 4.37. The molecule has 2 heteroatoms. The molecule has 2 rings (SSSR count). The zero-order chi connectivity index (χ0) is 11.2. The Hall–Kier alpha value is -0.860. The Balaban J connectivity index is 1.95. The predicted molar refractivity (Wildman–Crippen MR) is 64.1 cm³/mol. The van der Waals surface area contributed by atoms with Gasteiger partial charge in [0.1, 0.15) is 6.61 Å². The molecule has 0 radical (unpaired) electrons. The SMILES string of the molecule is COOCc1ccc(C2CCCCC2)cc1. The van der Waals surface area contributed by atoms with Gasteiger partial charge in [-0.05, 0) is 29.9 Å². The second-order valence-corrected chi connectivity index (χ2v) is 4.51. The monoisotopic (exact) mass is 220 g/mol. The Labute approximate surface area is 97.5 Å². The Bertz CT molecular complexity index is 299. The van der Waals surface area contributed by atoms with E-state index < -0.39 is 0 Å². The summed E-state index contributed by atoms with van der Waals surface area (Å²) >= 11 is 0. The molecule has 0 spiro atoms. The zero-order valence-corrected chi connectivity index (χ0v) is 9.95. The minimum absolute atomic E-state index is 0.529. The van der Waals surface area contributed by atoms with E-state index in [9.17, 15) is 0 Å². The van der Waals surface area contributed by atoms with Crippen LogP contribution in [0.1, 0.15) is 49.1 Å². The van der Waals surface area contributed by atoms with Crippen molar-refractivity contribution in [2.45, 2.75) is 44.6 Å². The summed E-state index contributed by atoms with van der Waals surface area (Å²) in [6, 6.07) is 8.76. The van der Waals surface area contributed by atoms with Gasteiger partial charge in [0.15, 0.2) is 0 Å². The van der Waals surface area contributed by atoms with Gasteiger partial charge in [-0.1, -0.05) is 43.5 Å². The summed E-state index contributed by atoms with van der Waals surface area (Å²) in [5, 5.41) is 0. The summed E-state index contributed by atoms with van der Waals surface area (Å²) in [7, 11) is 1.54. The molecular weight excluding hydrogens is 200 g/mol. The predicted octanol–water partition coefficient (Wildman–Crippen LogP) is 3.81. The molecule has 0 N–H and O–H groups in total. The molecule has 0 aromatic heterocycles. The van der Waals surface area contributed by atoms with Gasteiger partial charge < -0.3 is 0 Å². The summed E-state index contributed by atoms with van der Waals surface area (Å²) in [4.78, 5) is 9.50. The largest absolute Gasteiger partial charge is 0.240 e. The van der Waals surface area contributed by atoms with Gasteiger partial charge in [0.25, 0.3) is 0 Å². The first kappa shape index (κ1) is 11.6. The van der Waals surface area contributed by atoms with Crippen LogP contribution in [0.25, 0.3) is 0 Å². The van der Waals surface area contributed by atoms with Gasteiger partial charge in [0.2, 0.25) is 0 Å². The van der Waals surface area contributed by atoms with Gasteiger partial charge in [-0.15, -0.1) is 0 Å². The van der Waals surface area contributed by atoms with Crippen LogP contribution in [0.15, 0.2) is 24.3 Å². The van der Waals surface area contributed by atoms with Gasteiger partial charge in [0.05, 0.1) is 7.11 Å². The van der Waals surface area contributed by atoms with Crippen LogP contribution in [0.2, 0.25) is 0 Å². The molecule has 88 valence electrons. The van der Waals surface area contributed by atoms with E-state index in [4.69, 9.17) is 4.89 Å². The first-order chi connectivity index (χ1) is 7.90. The highest BCUT2D eigenvalue weighted by Crippen LogP contribution is 2.32. The fourth-order valence-electron chi connectivity index (χ4n) is 2.45. The minimum atomic E-state index is 0.529. The topological polar surface area (TPSA) is 18.5 Å². The molecule has 16 heavy (non-hydrogen) atoms. The summed E-state index contributed by atoms with van der Waals surface area (Å²) in [5.41, 5.74) is 2.65. The highest BCUT2D eigenvalue weighted by Gasteiger charge is 2.14. The van der Waals surface area contributed by atoms with Crippen LogP contribution in [0, 0.1) is 0 Å². The summed E-state index contributed by atoms with van der Waals surface area (Å²) in [5.74, 6) is 0.783. The van der Waals surface area contributed by atoms with Crippen molar-refractivity contribution in [3.05, 3.63) is 35.4 Å². The molecule has 0 saturated heterocycles. The van der Waals surface area contributed by atoms with Gasteiger partial charge in [-0.25, -0.2) is 9.78 Å². The highest BCUT2D eigenvalue weighted by atomic mass is 17.2. The van der Waals surface area contributed by atoms with Gasteiger partial charge in [-0.3, -0.25) is 0 Å². The molecule has 1 fully saturated rings. The van der Waals surface area contributed by atoms with Crippen LogP contribution in [0.4, 0.5) is 0 Å². The third-order valence-electron chi connectivity index (χ3n) is 3.40. The van der Waals surface area contributed by atoms with E-state index in [0.29, 0.717) is 6.61 Å². The van der Waals surface area contributed by atoms with E-state index in [0.717, 1.165) is 5.92 Å². The number of hydrogen-bond donors (Lipinski definition) is 0. The lowest BCUT2D eigenvalue weighted by Crippen LogP contribution is -2.04. The van der Waals surface area contributed by atoms with E-state index in [2.05, 4.69) is 29.2 Å². The van der Waals surface area contributed by atoms with Crippen molar-refractivity contribution in [1.82, 2.24) is 0 Å². The minimum Gasteiger partial charge on any atom is -0.240 e. The number of benzene rings is 1. The lowest BCUT2D eigenvalue weighted by Gasteiger charge is -2.22. The molecule has 0 unspecified atom stereocenters. The van der Waals surface area contributed by atoms with Crippen LogP contribution >= 0.6 is 0 Å². The zero-order valence-electron chi connectivity index (χ0n) is 9.95. The quantitative estimate of drug-likeness (QED) is 0.567. The first-order valence-electron chi connectivity index (χ1n) is 6.14. The molecule has 0 aliphatic heterocycles. The van der Waals surface area contributed by atoms with E-state index in [-0.39, 0.29) is 0 Å². The van der Waals surface area contributed by atoms with Crippen LogP contribution in [-0.4, -0.2) is 7.11 Å². The molecule has 0 bridgehead atoms. The van der Waals surface area contributed by atoms with Crippen LogP contribution in [-0.2, 0) is 16.4 Å². The highest BCUT2D eigenvalue weighted by molar-refractivity contribution is 5.25. The maximum atomic E-state index is 4.90. The average Bonchev–Trinajstić information content (AvgIpc) is 2.38. The van der Waals surface area contributed by atoms with Crippen molar-refractivity contribution < 1.29 is 9.78 Å². The molecule has 0 heterocycles. The van der Waals surface area contributed by atoms with Crippen molar-refractivity contribution >= 4 is 0 Å². The van der Waals surface area contributed by atoms with E-state index in [1.54, 1.807) is 0 Å². The fourth-order valence-corrected chi connectivity index (χ4v) is 2.45. The average molecular weight is 220 g/mol. The van der Waals surface area contributed by atoms with Crippen LogP contribution in [0.3, 0.4) is 0 Å². The molecule has 0 atom stereocenters. The molecule has 1 aliphatic rings. The Morgan fingerprint density at radius 1 is 1.06 bits per heavy atom. The van der Waals surface area contributed by atoms with Crippen molar-refractivity contribution in [2.75, 3.05) is 7.11 Å². The number of rotatable bonds is 4. The van der Waals surface area contributed by atoms with Gasteiger partial charge in [0, 0.05) is 0 Å².